The van der Waals surface area contributed by atoms with E-state index in [0.717, 1.165) is 4.47 Å². The Morgan fingerprint density at radius 2 is 2.12 bits per heavy atom. The number of hydrogen-bond acceptors (Lipinski definition) is 2. The van der Waals surface area contributed by atoms with Gasteiger partial charge in [-0.25, -0.2) is 0 Å². The molecule has 0 radical (unpaired) electrons. The first-order valence-electron chi connectivity index (χ1n) is 5.66. The Kier molecular flexibility index (Phi) is 3.27. The van der Waals surface area contributed by atoms with Crippen LogP contribution in [0, 0.1) is 0 Å². The van der Waals surface area contributed by atoms with Crippen LogP contribution in [0.4, 0.5) is 0 Å². The second-order valence-corrected chi connectivity index (χ2v) is 5.92. The van der Waals surface area contributed by atoms with Gasteiger partial charge < -0.3 is 10.0 Å². The average Bonchev–Trinajstić information content (AvgIpc) is 2.51. The Morgan fingerprint density at radius 3 is 2.65 bits per heavy atom. The fourth-order valence-electron chi connectivity index (χ4n) is 2.35. The molecule has 0 aliphatic carbocycles. The number of β-amino-alcohol motifs (C(OH)–C–C–N with tert-alkyl or cyclic N) is 1. The summed E-state index contributed by atoms with van der Waals surface area (Å²) in [4.78, 5) is 14.2. The molecule has 0 bridgehead atoms. The number of aliphatic hydroxyl groups excluding tert-OH is 1. The minimum atomic E-state index is -0.420. The van der Waals surface area contributed by atoms with E-state index in [4.69, 9.17) is 0 Å². The van der Waals surface area contributed by atoms with Crippen LogP contribution < -0.4 is 0 Å². The van der Waals surface area contributed by atoms with Gasteiger partial charge in [-0.15, -0.1) is 0 Å². The Hall–Kier alpha value is -0.870. The molecule has 1 amide bonds. The summed E-state index contributed by atoms with van der Waals surface area (Å²) in [5.74, 6) is -0.0287. The van der Waals surface area contributed by atoms with Gasteiger partial charge in [0.25, 0.3) is 5.91 Å². The van der Waals surface area contributed by atoms with Crippen molar-refractivity contribution >= 4 is 21.8 Å². The van der Waals surface area contributed by atoms with Crippen molar-refractivity contribution in [2.24, 2.45) is 0 Å². The van der Waals surface area contributed by atoms with E-state index in [1.807, 2.05) is 32.0 Å². The maximum absolute atomic E-state index is 12.4. The highest BCUT2D eigenvalue weighted by Gasteiger charge is 2.40. The van der Waals surface area contributed by atoms with E-state index in [1.165, 1.54) is 0 Å². The van der Waals surface area contributed by atoms with E-state index in [9.17, 15) is 9.90 Å². The summed E-state index contributed by atoms with van der Waals surface area (Å²) in [6.07, 6.45) is 0.208. The first-order chi connectivity index (χ1) is 7.92. The van der Waals surface area contributed by atoms with Gasteiger partial charge in [-0.05, 0) is 48.3 Å². The van der Waals surface area contributed by atoms with E-state index >= 15 is 0 Å². The van der Waals surface area contributed by atoms with Crippen molar-refractivity contribution in [1.29, 1.82) is 0 Å². The Labute approximate surface area is 110 Å². The molecule has 1 unspecified atom stereocenters. The molecule has 3 nitrogen and oxygen atoms in total. The number of hydrogen-bond donors (Lipinski definition) is 1. The lowest BCUT2D eigenvalue weighted by molar-refractivity contribution is 0.0640. The fraction of sp³-hybridized carbons (Fsp3) is 0.462. The van der Waals surface area contributed by atoms with Gasteiger partial charge in [0, 0.05) is 16.6 Å². The number of aliphatic hydroxyl groups is 1. The number of nitrogens with zero attached hydrogens (tertiary/aromatic N) is 1. The molecule has 1 atom stereocenters. The van der Waals surface area contributed by atoms with Gasteiger partial charge in [0.05, 0.1) is 11.7 Å². The number of likely N-dealkylation sites (tertiary alicyclic amines) is 1. The van der Waals surface area contributed by atoms with Crippen LogP contribution in [-0.4, -0.2) is 34.1 Å². The second kappa shape index (κ2) is 4.42. The second-order valence-electron chi connectivity index (χ2n) is 5.07. The number of halogens is 1. The van der Waals surface area contributed by atoms with Crippen LogP contribution in [0.25, 0.3) is 0 Å². The number of amides is 1. The van der Waals surface area contributed by atoms with E-state index in [0.29, 0.717) is 18.5 Å². The molecule has 1 aliphatic rings. The van der Waals surface area contributed by atoms with Gasteiger partial charge in [0.1, 0.15) is 0 Å². The maximum atomic E-state index is 12.4. The molecule has 0 saturated carbocycles. The van der Waals surface area contributed by atoms with Crippen LogP contribution in [0.3, 0.4) is 0 Å². The zero-order valence-corrected chi connectivity index (χ0v) is 11.6. The maximum Gasteiger partial charge on any atom is 0.255 e. The van der Waals surface area contributed by atoms with E-state index in [1.54, 1.807) is 11.0 Å². The van der Waals surface area contributed by atoms with Gasteiger partial charge in [0.15, 0.2) is 0 Å². The molecule has 0 aromatic heterocycles. The predicted octanol–water partition coefficient (Wildman–Crippen LogP) is 2.43. The smallest absolute Gasteiger partial charge is 0.255 e. The quantitative estimate of drug-likeness (QED) is 0.865. The van der Waals surface area contributed by atoms with Gasteiger partial charge in [-0.3, -0.25) is 4.79 Å². The highest BCUT2D eigenvalue weighted by atomic mass is 79.9. The van der Waals surface area contributed by atoms with Crippen LogP contribution in [-0.2, 0) is 0 Å². The van der Waals surface area contributed by atoms with Gasteiger partial charge >= 0.3 is 0 Å². The van der Waals surface area contributed by atoms with E-state index in [2.05, 4.69) is 15.9 Å². The topological polar surface area (TPSA) is 40.5 Å². The molecular weight excluding hydrogens is 282 g/mol. The van der Waals surface area contributed by atoms with Crippen LogP contribution in [0.2, 0.25) is 0 Å². The molecule has 2 rings (SSSR count). The first-order valence-corrected chi connectivity index (χ1v) is 6.46. The molecule has 1 heterocycles. The molecule has 4 heteroatoms. The normalized spacial score (nSPS) is 22.8. The lowest BCUT2D eigenvalue weighted by Crippen LogP contribution is -2.42. The van der Waals surface area contributed by atoms with Crippen LogP contribution in [0.15, 0.2) is 28.7 Å². The highest BCUT2D eigenvalue weighted by Crippen LogP contribution is 2.31. The van der Waals surface area contributed by atoms with Gasteiger partial charge in [0.2, 0.25) is 0 Å². The SMILES string of the molecule is CC1(C)CC(O)CN1C(=O)c1ccccc1Br. The zero-order valence-electron chi connectivity index (χ0n) is 9.98. The summed E-state index contributed by atoms with van der Waals surface area (Å²) in [6.45, 7) is 4.38. The Morgan fingerprint density at radius 1 is 1.47 bits per heavy atom. The van der Waals surface area contributed by atoms with Crippen LogP contribution in [0.1, 0.15) is 30.6 Å². The molecule has 17 heavy (non-hydrogen) atoms. The van der Waals surface area contributed by atoms with Crippen molar-refractivity contribution in [3.8, 4) is 0 Å². The monoisotopic (exact) mass is 297 g/mol. The number of benzene rings is 1. The standard InChI is InChI=1S/C13H16BrNO2/c1-13(2)7-9(16)8-15(13)12(17)10-5-3-4-6-11(10)14/h3-6,9,16H,7-8H2,1-2H3. The molecule has 1 aromatic rings. The third kappa shape index (κ3) is 2.38. The fourth-order valence-corrected chi connectivity index (χ4v) is 2.80. The molecule has 1 aliphatic heterocycles. The molecule has 1 saturated heterocycles. The van der Waals surface area contributed by atoms with Crippen LogP contribution >= 0.6 is 15.9 Å². The van der Waals surface area contributed by atoms with Crippen molar-refractivity contribution in [3.05, 3.63) is 34.3 Å². The number of carbonyl (C=O) groups excluding carboxylic acids is 1. The highest BCUT2D eigenvalue weighted by molar-refractivity contribution is 9.10. The minimum Gasteiger partial charge on any atom is -0.391 e. The summed E-state index contributed by atoms with van der Waals surface area (Å²) < 4.78 is 0.794. The lowest BCUT2D eigenvalue weighted by atomic mass is 10.0. The zero-order chi connectivity index (χ0) is 12.6. The Bertz CT molecular complexity index is 445. The number of rotatable bonds is 1. The average molecular weight is 298 g/mol. The molecule has 1 N–H and O–H groups in total. The van der Waals surface area contributed by atoms with Gasteiger partial charge in [-0.1, -0.05) is 12.1 Å². The summed E-state index contributed by atoms with van der Waals surface area (Å²) in [5.41, 5.74) is 0.362. The predicted molar refractivity (Wildman–Crippen MR) is 69.9 cm³/mol. The van der Waals surface area contributed by atoms with Crippen molar-refractivity contribution in [1.82, 2.24) is 4.90 Å². The number of carbonyl (C=O) groups is 1. The lowest BCUT2D eigenvalue weighted by Gasteiger charge is -2.31. The minimum absolute atomic E-state index is 0.0287. The van der Waals surface area contributed by atoms with E-state index in [-0.39, 0.29) is 11.4 Å². The molecular formula is C13H16BrNO2. The van der Waals surface area contributed by atoms with Crippen LogP contribution in [0.5, 0.6) is 0 Å². The molecule has 0 spiro atoms. The molecule has 1 aromatic carbocycles. The summed E-state index contributed by atoms with van der Waals surface area (Å²) >= 11 is 3.39. The third-order valence-electron chi connectivity index (χ3n) is 3.21. The third-order valence-corrected chi connectivity index (χ3v) is 3.90. The molecule has 1 fully saturated rings. The van der Waals surface area contributed by atoms with Crippen molar-refractivity contribution in [2.75, 3.05) is 6.54 Å². The molecule has 92 valence electrons. The summed E-state index contributed by atoms with van der Waals surface area (Å²) in [5, 5.41) is 9.69. The summed E-state index contributed by atoms with van der Waals surface area (Å²) in [6, 6.07) is 7.38. The van der Waals surface area contributed by atoms with Crippen molar-refractivity contribution in [2.45, 2.75) is 31.9 Å². The van der Waals surface area contributed by atoms with E-state index < -0.39 is 6.10 Å². The van der Waals surface area contributed by atoms with Crippen molar-refractivity contribution < 1.29 is 9.90 Å². The Balaban J connectivity index is 2.30. The van der Waals surface area contributed by atoms with Crippen molar-refractivity contribution in [3.63, 3.8) is 0 Å². The summed E-state index contributed by atoms with van der Waals surface area (Å²) in [7, 11) is 0. The largest absolute Gasteiger partial charge is 0.391 e. The van der Waals surface area contributed by atoms with Gasteiger partial charge in [-0.2, -0.15) is 0 Å². The first kappa shape index (κ1) is 12.6.